The molecule has 2 aromatic carbocycles. The molecule has 1 fully saturated rings. The summed E-state index contributed by atoms with van der Waals surface area (Å²) in [5.74, 6) is -0.0253. The van der Waals surface area contributed by atoms with Gasteiger partial charge >= 0.3 is 5.97 Å². The summed E-state index contributed by atoms with van der Waals surface area (Å²) in [6.45, 7) is 1.94. The van der Waals surface area contributed by atoms with Gasteiger partial charge in [0.25, 0.3) is 5.91 Å². The predicted octanol–water partition coefficient (Wildman–Crippen LogP) is 6.11. The molecule has 3 rings (SSSR count). The normalized spacial score (nSPS) is 14.8. The minimum Gasteiger partial charge on any atom is -0.490 e. The van der Waals surface area contributed by atoms with E-state index in [1.807, 2.05) is 6.92 Å². The van der Waals surface area contributed by atoms with Gasteiger partial charge in [-0.15, -0.1) is 0 Å². The van der Waals surface area contributed by atoms with Crippen LogP contribution in [0.3, 0.4) is 0 Å². The molecule has 0 aromatic heterocycles. The van der Waals surface area contributed by atoms with Crippen LogP contribution in [0.2, 0.25) is 10.0 Å². The lowest BCUT2D eigenvalue weighted by Gasteiger charge is -2.15. The lowest BCUT2D eigenvalue weighted by Crippen LogP contribution is -2.27. The van der Waals surface area contributed by atoms with E-state index in [0.717, 1.165) is 0 Å². The highest BCUT2D eigenvalue weighted by molar-refractivity contribution is 9.10. The number of rotatable bonds is 7. The van der Waals surface area contributed by atoms with Crippen molar-refractivity contribution in [2.24, 2.45) is 0 Å². The van der Waals surface area contributed by atoms with Gasteiger partial charge in [-0.3, -0.25) is 9.69 Å². The van der Waals surface area contributed by atoms with Gasteiger partial charge in [-0.05, 0) is 64.8 Å². The number of methoxy groups -OCH3 is 1. The summed E-state index contributed by atoms with van der Waals surface area (Å²) in [7, 11) is 1.28. The smallest absolute Gasteiger partial charge is 0.343 e. The van der Waals surface area contributed by atoms with Crippen molar-refractivity contribution in [1.82, 2.24) is 0 Å². The number of halogens is 3. The summed E-state index contributed by atoms with van der Waals surface area (Å²) in [5.41, 5.74) is 1.22. The summed E-state index contributed by atoms with van der Waals surface area (Å²) in [6, 6.07) is 8.35. The molecule has 0 aliphatic carbocycles. The van der Waals surface area contributed by atoms with Crippen LogP contribution < -0.4 is 14.4 Å². The van der Waals surface area contributed by atoms with E-state index in [4.69, 9.17) is 44.9 Å². The Labute approximate surface area is 212 Å². The highest BCUT2D eigenvalue weighted by Gasteiger charge is 2.33. The molecule has 0 bridgehead atoms. The molecule has 11 heteroatoms. The number of benzene rings is 2. The Hall–Kier alpha value is -1.78. The molecule has 0 spiro atoms. The van der Waals surface area contributed by atoms with E-state index in [2.05, 4.69) is 20.7 Å². The van der Waals surface area contributed by atoms with E-state index < -0.39 is 5.97 Å². The maximum atomic E-state index is 13.0. The number of anilines is 1. The number of thioether (sulfide) groups is 1. The molecule has 1 amide bonds. The monoisotopic (exact) mass is 575 g/mol. The van der Waals surface area contributed by atoms with Gasteiger partial charge in [0.05, 0.1) is 38.8 Å². The van der Waals surface area contributed by atoms with Crippen LogP contribution in [0.5, 0.6) is 11.5 Å². The van der Waals surface area contributed by atoms with Crippen LogP contribution in [0.4, 0.5) is 5.69 Å². The van der Waals surface area contributed by atoms with Crippen LogP contribution in [-0.2, 0) is 14.3 Å². The van der Waals surface area contributed by atoms with Crippen LogP contribution in [-0.4, -0.2) is 36.5 Å². The largest absolute Gasteiger partial charge is 0.490 e. The molecule has 6 nitrogen and oxygen atoms in total. The number of amides is 1. The second-order valence-corrected chi connectivity index (χ2v) is 9.59. The van der Waals surface area contributed by atoms with Gasteiger partial charge in [0.1, 0.15) is 0 Å². The average Bonchev–Trinajstić information content (AvgIpc) is 3.02. The Kier molecular flexibility index (Phi) is 8.46. The van der Waals surface area contributed by atoms with Gasteiger partial charge in [-0.1, -0.05) is 47.2 Å². The number of nitrogens with zero attached hydrogens (tertiary/aromatic N) is 1. The first kappa shape index (κ1) is 24.9. The van der Waals surface area contributed by atoms with E-state index in [1.54, 1.807) is 36.4 Å². The van der Waals surface area contributed by atoms with E-state index >= 15 is 0 Å². The van der Waals surface area contributed by atoms with Crippen LogP contribution in [0.1, 0.15) is 12.5 Å². The number of carbonyl (C=O) groups is 2. The Morgan fingerprint density at radius 3 is 2.62 bits per heavy atom. The SMILES string of the molecule is CCOc1cc(/C=C2/SC(=S)N(c3ccc(Cl)c(Cl)c3)C2=O)cc(Br)c1OCC(=O)OC. The predicted molar refractivity (Wildman–Crippen MR) is 135 cm³/mol. The third kappa shape index (κ3) is 5.58. The molecular formula is C21H16BrCl2NO5S2. The van der Waals surface area contributed by atoms with Crippen molar-refractivity contribution in [2.75, 3.05) is 25.2 Å². The van der Waals surface area contributed by atoms with Crippen molar-refractivity contribution >= 4 is 91.1 Å². The minimum absolute atomic E-state index is 0.267. The highest BCUT2D eigenvalue weighted by atomic mass is 79.9. The number of hydrogen-bond donors (Lipinski definition) is 0. The number of hydrogen-bond acceptors (Lipinski definition) is 7. The maximum absolute atomic E-state index is 13.0. The molecule has 32 heavy (non-hydrogen) atoms. The van der Waals surface area contributed by atoms with Crippen LogP contribution in [0, 0.1) is 0 Å². The van der Waals surface area contributed by atoms with Crippen LogP contribution >= 0.6 is 63.1 Å². The van der Waals surface area contributed by atoms with E-state index in [-0.39, 0.29) is 12.5 Å². The van der Waals surface area contributed by atoms with Gasteiger partial charge in [-0.2, -0.15) is 0 Å². The standard InChI is InChI=1S/C21H16BrCl2NO5S2/c1-3-29-16-7-11(6-13(22)19(16)30-10-18(26)28-2)8-17-20(27)25(21(31)32-17)12-4-5-14(23)15(24)9-12/h4-9H,3,10H2,1-2H3/b17-8+. The lowest BCUT2D eigenvalue weighted by molar-refractivity contribution is -0.142. The number of thiocarbonyl (C=S) groups is 1. The van der Waals surface area contributed by atoms with Crippen molar-refractivity contribution in [3.8, 4) is 11.5 Å². The van der Waals surface area contributed by atoms with Gasteiger partial charge in [-0.25, -0.2) is 4.79 Å². The van der Waals surface area contributed by atoms with Crippen molar-refractivity contribution in [3.63, 3.8) is 0 Å². The maximum Gasteiger partial charge on any atom is 0.343 e. The molecule has 0 saturated carbocycles. The second kappa shape index (κ2) is 10.9. The van der Waals surface area contributed by atoms with E-state index in [9.17, 15) is 9.59 Å². The third-order valence-corrected chi connectivity index (χ3v) is 6.78. The first-order valence-corrected chi connectivity index (χ1v) is 11.9. The Balaban J connectivity index is 1.91. The molecule has 168 valence electrons. The molecule has 1 aliphatic heterocycles. The minimum atomic E-state index is -0.519. The van der Waals surface area contributed by atoms with Crippen LogP contribution in [0.25, 0.3) is 6.08 Å². The zero-order valence-electron chi connectivity index (χ0n) is 16.8. The van der Waals surface area contributed by atoms with Crippen LogP contribution in [0.15, 0.2) is 39.7 Å². The lowest BCUT2D eigenvalue weighted by atomic mass is 10.1. The average molecular weight is 577 g/mol. The van der Waals surface area contributed by atoms with Crippen molar-refractivity contribution in [1.29, 1.82) is 0 Å². The van der Waals surface area contributed by atoms with E-state index in [0.29, 0.717) is 53.1 Å². The molecule has 2 aromatic rings. The molecule has 1 heterocycles. The van der Waals surface area contributed by atoms with Crippen molar-refractivity contribution in [2.45, 2.75) is 6.92 Å². The van der Waals surface area contributed by atoms with E-state index in [1.165, 1.54) is 23.8 Å². The van der Waals surface area contributed by atoms with Gasteiger partial charge in [0.15, 0.2) is 22.4 Å². The first-order chi connectivity index (χ1) is 15.2. The molecule has 0 N–H and O–H groups in total. The summed E-state index contributed by atoms with van der Waals surface area (Å²) in [4.78, 5) is 26.3. The topological polar surface area (TPSA) is 65.1 Å². The molecular weight excluding hydrogens is 561 g/mol. The molecule has 0 atom stereocenters. The van der Waals surface area contributed by atoms with Crippen molar-refractivity contribution in [3.05, 3.63) is 55.3 Å². The molecule has 0 radical (unpaired) electrons. The summed E-state index contributed by atoms with van der Waals surface area (Å²) >= 11 is 22.1. The zero-order valence-corrected chi connectivity index (χ0v) is 21.5. The summed E-state index contributed by atoms with van der Waals surface area (Å²) in [6.07, 6.45) is 1.70. The molecule has 0 unspecified atom stereocenters. The first-order valence-electron chi connectivity index (χ1n) is 9.14. The summed E-state index contributed by atoms with van der Waals surface area (Å²) in [5, 5.41) is 0.717. The fourth-order valence-electron chi connectivity index (χ4n) is 2.73. The van der Waals surface area contributed by atoms with Gasteiger partial charge < -0.3 is 14.2 Å². The molecule has 1 aliphatic rings. The Bertz CT molecular complexity index is 1130. The number of esters is 1. The Morgan fingerprint density at radius 2 is 1.97 bits per heavy atom. The number of carbonyl (C=O) groups excluding carboxylic acids is 2. The highest BCUT2D eigenvalue weighted by Crippen LogP contribution is 2.41. The number of ether oxygens (including phenoxy) is 3. The zero-order chi connectivity index (χ0) is 23.4. The van der Waals surface area contributed by atoms with Crippen molar-refractivity contribution < 1.29 is 23.8 Å². The fraction of sp³-hybridized carbons (Fsp3) is 0.190. The summed E-state index contributed by atoms with van der Waals surface area (Å²) < 4.78 is 16.7. The quantitative estimate of drug-likeness (QED) is 0.224. The van der Waals surface area contributed by atoms with Gasteiger partial charge in [0, 0.05) is 0 Å². The second-order valence-electron chi connectivity index (χ2n) is 6.24. The Morgan fingerprint density at radius 1 is 1.22 bits per heavy atom. The fourth-order valence-corrected chi connectivity index (χ4v) is 4.90. The third-order valence-electron chi connectivity index (χ3n) is 4.15. The molecule has 1 saturated heterocycles. The van der Waals surface area contributed by atoms with Gasteiger partial charge in [0.2, 0.25) is 0 Å².